The Morgan fingerprint density at radius 2 is 1.74 bits per heavy atom. The van der Waals surface area contributed by atoms with Gasteiger partial charge in [-0.2, -0.15) is 0 Å². The topological polar surface area (TPSA) is 8.17 Å². The molecular weight excluding hydrogens is 335 g/mol. The Balaban J connectivity index is 1.70. The average molecular weight is 362 g/mol. The Morgan fingerprint density at radius 1 is 0.963 bits per heavy atom. The molecule has 3 heteroatoms. The summed E-state index contributed by atoms with van der Waals surface area (Å²) in [4.78, 5) is 2.42. The van der Waals surface area contributed by atoms with Gasteiger partial charge in [0.25, 0.3) is 0 Å². The van der Waals surface area contributed by atoms with Crippen molar-refractivity contribution >= 4 is 0 Å². The number of rotatable bonds is 4. The van der Waals surface area contributed by atoms with Crippen LogP contribution in [0.15, 0.2) is 66.9 Å². The van der Waals surface area contributed by atoms with Crippen molar-refractivity contribution in [2.75, 3.05) is 6.54 Å². The summed E-state index contributed by atoms with van der Waals surface area (Å²) < 4.78 is 17.0. The molecule has 1 aliphatic heterocycles. The SMILES string of the molecule is CC(C)c1ccc(CN2CCCn3cccc3[C@@H]2c2ccccc2F)cc1. The number of halogens is 1. The van der Waals surface area contributed by atoms with E-state index in [1.54, 1.807) is 12.1 Å². The average Bonchev–Trinajstić information content (AvgIpc) is 3.05. The van der Waals surface area contributed by atoms with Gasteiger partial charge in [0.2, 0.25) is 0 Å². The van der Waals surface area contributed by atoms with E-state index in [0.29, 0.717) is 5.92 Å². The van der Waals surface area contributed by atoms with Crippen molar-refractivity contribution in [1.29, 1.82) is 0 Å². The molecule has 0 spiro atoms. The van der Waals surface area contributed by atoms with E-state index in [9.17, 15) is 4.39 Å². The van der Waals surface area contributed by atoms with Gasteiger partial charge >= 0.3 is 0 Å². The lowest BCUT2D eigenvalue weighted by Gasteiger charge is -2.31. The second-order valence-corrected chi connectivity index (χ2v) is 7.77. The molecule has 2 nitrogen and oxygen atoms in total. The second kappa shape index (κ2) is 7.69. The number of nitrogens with zero attached hydrogens (tertiary/aromatic N) is 2. The number of hydrogen-bond donors (Lipinski definition) is 0. The van der Waals surface area contributed by atoms with E-state index in [2.05, 4.69) is 65.9 Å². The van der Waals surface area contributed by atoms with Crippen molar-refractivity contribution in [3.8, 4) is 0 Å². The molecule has 1 atom stereocenters. The Bertz CT molecular complexity index is 895. The molecule has 2 heterocycles. The predicted molar refractivity (Wildman–Crippen MR) is 108 cm³/mol. The van der Waals surface area contributed by atoms with Crippen molar-refractivity contribution in [3.63, 3.8) is 0 Å². The van der Waals surface area contributed by atoms with Crippen LogP contribution >= 0.6 is 0 Å². The summed E-state index contributed by atoms with van der Waals surface area (Å²) in [5.41, 5.74) is 4.57. The summed E-state index contributed by atoms with van der Waals surface area (Å²) in [6.45, 7) is 7.18. The highest BCUT2D eigenvalue weighted by molar-refractivity contribution is 5.32. The second-order valence-electron chi connectivity index (χ2n) is 7.77. The van der Waals surface area contributed by atoms with Gasteiger partial charge in [-0.3, -0.25) is 4.90 Å². The first kappa shape index (κ1) is 18.0. The highest BCUT2D eigenvalue weighted by atomic mass is 19.1. The Hall–Kier alpha value is -2.39. The van der Waals surface area contributed by atoms with Crippen LogP contribution in [0.2, 0.25) is 0 Å². The lowest BCUT2D eigenvalue weighted by atomic mass is 9.99. The number of fused-ring (bicyclic) bond motifs is 1. The van der Waals surface area contributed by atoms with Gasteiger partial charge in [0.1, 0.15) is 5.82 Å². The fourth-order valence-corrected chi connectivity index (χ4v) is 4.11. The third-order valence-corrected chi connectivity index (χ3v) is 5.59. The molecule has 1 aliphatic rings. The molecule has 0 saturated carbocycles. The Morgan fingerprint density at radius 3 is 2.48 bits per heavy atom. The first-order chi connectivity index (χ1) is 13.1. The third-order valence-electron chi connectivity index (χ3n) is 5.59. The lowest BCUT2D eigenvalue weighted by Crippen LogP contribution is -2.30. The van der Waals surface area contributed by atoms with E-state index in [0.717, 1.165) is 31.6 Å². The lowest BCUT2D eigenvalue weighted by molar-refractivity contribution is 0.216. The first-order valence-corrected chi connectivity index (χ1v) is 9.86. The van der Waals surface area contributed by atoms with Gasteiger partial charge < -0.3 is 4.57 Å². The molecule has 0 aliphatic carbocycles. The van der Waals surface area contributed by atoms with Crippen molar-refractivity contribution in [3.05, 3.63) is 95.1 Å². The van der Waals surface area contributed by atoms with Gasteiger partial charge in [-0.25, -0.2) is 4.39 Å². The molecule has 1 aromatic heterocycles. The minimum absolute atomic E-state index is 0.0616. The summed E-state index contributed by atoms with van der Waals surface area (Å²) in [7, 11) is 0. The fraction of sp³-hybridized carbons (Fsp3) is 0.333. The number of aryl methyl sites for hydroxylation is 1. The van der Waals surface area contributed by atoms with Crippen molar-refractivity contribution in [2.45, 2.75) is 45.3 Å². The van der Waals surface area contributed by atoms with E-state index in [4.69, 9.17) is 0 Å². The van der Waals surface area contributed by atoms with Crippen LogP contribution in [-0.4, -0.2) is 16.0 Å². The highest BCUT2D eigenvalue weighted by Crippen LogP contribution is 2.34. The Labute approximate surface area is 161 Å². The molecular formula is C24H27FN2. The van der Waals surface area contributed by atoms with Gasteiger partial charge in [0, 0.05) is 37.1 Å². The molecule has 4 rings (SSSR count). The quantitative estimate of drug-likeness (QED) is 0.574. The first-order valence-electron chi connectivity index (χ1n) is 9.86. The summed E-state index contributed by atoms with van der Waals surface area (Å²) in [6.07, 6.45) is 3.18. The zero-order chi connectivity index (χ0) is 18.8. The van der Waals surface area contributed by atoms with Crippen molar-refractivity contribution in [1.82, 2.24) is 9.47 Å². The van der Waals surface area contributed by atoms with Crippen LogP contribution in [0.3, 0.4) is 0 Å². The standard InChI is InChI=1S/C24H27FN2/c1-18(2)20-12-10-19(11-13-20)17-27-16-6-15-26-14-5-9-23(26)24(27)21-7-3-4-8-22(21)25/h3-5,7-14,18,24H,6,15-17H2,1-2H3/t24-/m0/s1. The monoisotopic (exact) mass is 362 g/mol. The zero-order valence-corrected chi connectivity index (χ0v) is 16.1. The van der Waals surface area contributed by atoms with E-state index in [1.807, 2.05) is 12.1 Å². The van der Waals surface area contributed by atoms with Gasteiger partial charge in [-0.15, -0.1) is 0 Å². The van der Waals surface area contributed by atoms with Crippen LogP contribution in [0.1, 0.15) is 54.6 Å². The maximum Gasteiger partial charge on any atom is 0.128 e. The smallest absolute Gasteiger partial charge is 0.128 e. The normalized spacial score (nSPS) is 17.7. The van der Waals surface area contributed by atoms with E-state index in [-0.39, 0.29) is 11.9 Å². The number of aromatic nitrogens is 1. The van der Waals surface area contributed by atoms with Crippen molar-refractivity contribution in [2.24, 2.45) is 0 Å². The van der Waals surface area contributed by atoms with Crippen LogP contribution < -0.4 is 0 Å². The Kier molecular flexibility index (Phi) is 5.13. The number of hydrogen-bond acceptors (Lipinski definition) is 1. The largest absolute Gasteiger partial charge is 0.350 e. The molecule has 2 aromatic carbocycles. The van der Waals surface area contributed by atoms with Crippen LogP contribution in [0, 0.1) is 5.82 Å². The molecule has 0 bridgehead atoms. The maximum atomic E-state index is 14.7. The summed E-state index contributed by atoms with van der Waals surface area (Å²) in [6, 6.07) is 20.2. The van der Waals surface area contributed by atoms with E-state index < -0.39 is 0 Å². The molecule has 3 aromatic rings. The molecule has 0 amide bonds. The fourth-order valence-electron chi connectivity index (χ4n) is 4.11. The summed E-state index contributed by atoms with van der Waals surface area (Å²) >= 11 is 0. The predicted octanol–water partition coefficient (Wildman–Crippen LogP) is 5.75. The van der Waals surface area contributed by atoms with E-state index >= 15 is 0 Å². The molecule has 27 heavy (non-hydrogen) atoms. The summed E-state index contributed by atoms with van der Waals surface area (Å²) in [5.74, 6) is 0.406. The van der Waals surface area contributed by atoms with Crippen LogP contribution in [-0.2, 0) is 13.1 Å². The molecule has 0 unspecified atom stereocenters. The van der Waals surface area contributed by atoms with Crippen LogP contribution in [0.4, 0.5) is 4.39 Å². The third kappa shape index (κ3) is 3.70. The van der Waals surface area contributed by atoms with Gasteiger partial charge in [-0.1, -0.05) is 56.3 Å². The van der Waals surface area contributed by atoms with Gasteiger partial charge in [0.15, 0.2) is 0 Å². The number of benzene rings is 2. The van der Waals surface area contributed by atoms with Crippen molar-refractivity contribution < 1.29 is 4.39 Å². The molecule has 0 N–H and O–H groups in total. The summed E-state index contributed by atoms with van der Waals surface area (Å²) in [5, 5.41) is 0. The molecule has 0 fully saturated rings. The highest BCUT2D eigenvalue weighted by Gasteiger charge is 2.29. The van der Waals surface area contributed by atoms with Crippen LogP contribution in [0.25, 0.3) is 0 Å². The molecule has 140 valence electrons. The molecule has 0 radical (unpaired) electrons. The zero-order valence-electron chi connectivity index (χ0n) is 16.1. The molecule has 0 saturated heterocycles. The minimum Gasteiger partial charge on any atom is -0.350 e. The van der Waals surface area contributed by atoms with Crippen LogP contribution in [0.5, 0.6) is 0 Å². The van der Waals surface area contributed by atoms with E-state index in [1.165, 1.54) is 16.8 Å². The minimum atomic E-state index is -0.127. The van der Waals surface area contributed by atoms with Gasteiger partial charge in [-0.05, 0) is 41.7 Å². The maximum absolute atomic E-state index is 14.7. The van der Waals surface area contributed by atoms with Gasteiger partial charge in [0.05, 0.1) is 6.04 Å².